The average Bonchev–Trinajstić information content (AvgIpc) is 2.40. The van der Waals surface area contributed by atoms with Gasteiger partial charge in [0.1, 0.15) is 5.75 Å². The third-order valence-corrected chi connectivity index (χ3v) is 3.40. The molecule has 21 heavy (non-hydrogen) atoms. The molecule has 0 aliphatic carbocycles. The Morgan fingerprint density at radius 1 is 1.33 bits per heavy atom. The van der Waals surface area contributed by atoms with Gasteiger partial charge >= 0.3 is 0 Å². The van der Waals surface area contributed by atoms with Gasteiger partial charge in [0.2, 0.25) is 0 Å². The van der Waals surface area contributed by atoms with Gasteiger partial charge in [0, 0.05) is 11.6 Å². The van der Waals surface area contributed by atoms with Crippen molar-refractivity contribution in [2.45, 2.75) is 65.7 Å². The van der Waals surface area contributed by atoms with Crippen LogP contribution in [0, 0.1) is 6.92 Å². The van der Waals surface area contributed by atoms with E-state index in [1.807, 2.05) is 26.0 Å². The molecule has 0 aromatic heterocycles. The van der Waals surface area contributed by atoms with Crippen molar-refractivity contribution in [2.75, 3.05) is 0 Å². The highest BCUT2D eigenvalue weighted by Crippen LogP contribution is 2.27. The van der Waals surface area contributed by atoms with Gasteiger partial charge in [-0.15, -0.1) is 0 Å². The normalized spacial score (nSPS) is 15.1. The quantitative estimate of drug-likeness (QED) is 0.812. The Morgan fingerprint density at radius 2 is 2.00 bits per heavy atom. The number of hydrogen-bond acceptors (Lipinski definition) is 3. The van der Waals surface area contributed by atoms with Crippen LogP contribution >= 0.6 is 0 Å². The summed E-state index contributed by atoms with van der Waals surface area (Å²) in [5.41, 5.74) is 1.75. The predicted octanol–water partition coefficient (Wildman–Crippen LogP) is 3.12. The zero-order valence-electron chi connectivity index (χ0n) is 13.6. The lowest BCUT2D eigenvalue weighted by atomic mass is 10.1. The summed E-state index contributed by atoms with van der Waals surface area (Å²) in [6.45, 7) is 9.44. The molecule has 0 saturated heterocycles. The third-order valence-electron chi connectivity index (χ3n) is 3.40. The first kappa shape index (κ1) is 17.5. The smallest absolute Gasteiger partial charge is 0.260 e. The second kappa shape index (κ2) is 8.03. The maximum Gasteiger partial charge on any atom is 0.260 e. The van der Waals surface area contributed by atoms with Crippen molar-refractivity contribution in [3.63, 3.8) is 0 Å². The van der Waals surface area contributed by atoms with Crippen molar-refractivity contribution in [3.05, 3.63) is 29.3 Å². The topological polar surface area (TPSA) is 58.6 Å². The molecular formula is C17H27NO3. The summed E-state index contributed by atoms with van der Waals surface area (Å²) in [7, 11) is 0. The van der Waals surface area contributed by atoms with Crippen molar-refractivity contribution >= 4 is 5.91 Å². The highest BCUT2D eigenvalue weighted by atomic mass is 16.5. The second-order valence-corrected chi connectivity index (χ2v) is 5.68. The number of benzene rings is 1. The minimum atomic E-state index is -0.630. The van der Waals surface area contributed by atoms with Gasteiger partial charge < -0.3 is 15.2 Å². The molecule has 4 nitrogen and oxygen atoms in total. The molecule has 1 aromatic rings. The number of amides is 1. The first-order valence-corrected chi connectivity index (χ1v) is 7.60. The Hall–Kier alpha value is -1.55. The number of hydrogen-bond donors (Lipinski definition) is 2. The fourth-order valence-electron chi connectivity index (χ4n) is 2.21. The molecule has 0 saturated carbocycles. The van der Waals surface area contributed by atoms with Gasteiger partial charge in [0.15, 0.2) is 6.10 Å². The Kier molecular flexibility index (Phi) is 6.69. The first-order chi connectivity index (χ1) is 9.85. The molecule has 0 spiro atoms. The standard InChI is InChI=1S/C17H27NO3/c1-6-7-12(3)18-17(20)14(5)21-16-9-8-11(2)10-15(16)13(4)19/h8-10,12-14,19H,6-7H2,1-5H3,(H,18,20)/t12?,13-,14?/m1/s1. The van der Waals surface area contributed by atoms with E-state index in [4.69, 9.17) is 4.74 Å². The maximum absolute atomic E-state index is 12.1. The molecule has 0 aliphatic rings. The van der Waals surface area contributed by atoms with E-state index in [0.717, 1.165) is 18.4 Å². The molecule has 0 radical (unpaired) electrons. The van der Waals surface area contributed by atoms with Gasteiger partial charge in [-0.25, -0.2) is 0 Å². The van der Waals surface area contributed by atoms with E-state index < -0.39 is 12.2 Å². The summed E-state index contributed by atoms with van der Waals surface area (Å²) in [6.07, 6.45) is 0.752. The van der Waals surface area contributed by atoms with Crippen LogP contribution in [0.5, 0.6) is 5.75 Å². The van der Waals surface area contributed by atoms with E-state index in [-0.39, 0.29) is 11.9 Å². The molecule has 0 bridgehead atoms. The van der Waals surface area contributed by atoms with Crippen molar-refractivity contribution < 1.29 is 14.6 Å². The number of carbonyl (C=O) groups excluding carboxylic acids is 1. The molecule has 2 N–H and O–H groups in total. The van der Waals surface area contributed by atoms with Crippen LogP contribution in [0.15, 0.2) is 18.2 Å². The predicted molar refractivity (Wildman–Crippen MR) is 84.4 cm³/mol. The number of ether oxygens (including phenoxy) is 1. The van der Waals surface area contributed by atoms with Gasteiger partial charge in [-0.2, -0.15) is 0 Å². The van der Waals surface area contributed by atoms with Crippen LogP contribution in [0.1, 0.15) is 57.8 Å². The number of aliphatic hydroxyl groups is 1. The fourth-order valence-corrected chi connectivity index (χ4v) is 2.21. The highest BCUT2D eigenvalue weighted by Gasteiger charge is 2.19. The van der Waals surface area contributed by atoms with E-state index >= 15 is 0 Å². The van der Waals surface area contributed by atoms with E-state index in [0.29, 0.717) is 11.3 Å². The molecule has 118 valence electrons. The van der Waals surface area contributed by atoms with E-state index in [1.54, 1.807) is 19.9 Å². The average molecular weight is 293 g/mol. The first-order valence-electron chi connectivity index (χ1n) is 7.60. The van der Waals surface area contributed by atoms with E-state index in [2.05, 4.69) is 12.2 Å². The Balaban J connectivity index is 2.74. The number of carbonyl (C=O) groups is 1. The summed E-state index contributed by atoms with van der Waals surface area (Å²) in [4.78, 5) is 12.1. The monoisotopic (exact) mass is 293 g/mol. The third kappa shape index (κ3) is 5.38. The zero-order chi connectivity index (χ0) is 16.0. The SMILES string of the molecule is CCCC(C)NC(=O)C(C)Oc1ccc(C)cc1[C@@H](C)O. The summed E-state index contributed by atoms with van der Waals surface area (Å²) < 4.78 is 5.73. The summed E-state index contributed by atoms with van der Waals surface area (Å²) in [5, 5.41) is 12.7. The Morgan fingerprint density at radius 3 is 2.57 bits per heavy atom. The van der Waals surface area contributed by atoms with Gasteiger partial charge in [-0.1, -0.05) is 25.0 Å². The van der Waals surface area contributed by atoms with Crippen LogP contribution in [0.25, 0.3) is 0 Å². The summed E-state index contributed by atoms with van der Waals surface area (Å²) in [6, 6.07) is 5.73. The van der Waals surface area contributed by atoms with Crippen LogP contribution in [0.2, 0.25) is 0 Å². The van der Waals surface area contributed by atoms with Crippen LogP contribution in [-0.4, -0.2) is 23.2 Å². The van der Waals surface area contributed by atoms with Crippen LogP contribution in [-0.2, 0) is 4.79 Å². The minimum Gasteiger partial charge on any atom is -0.481 e. The molecular weight excluding hydrogens is 266 g/mol. The van der Waals surface area contributed by atoms with Gasteiger partial charge in [0.05, 0.1) is 6.10 Å². The van der Waals surface area contributed by atoms with Crippen molar-refractivity contribution in [2.24, 2.45) is 0 Å². The molecule has 3 atom stereocenters. The molecule has 2 unspecified atom stereocenters. The van der Waals surface area contributed by atoms with Crippen molar-refractivity contribution in [1.82, 2.24) is 5.32 Å². The lowest BCUT2D eigenvalue weighted by molar-refractivity contribution is -0.128. The molecule has 0 aliphatic heterocycles. The fraction of sp³-hybridized carbons (Fsp3) is 0.588. The molecule has 1 aromatic carbocycles. The largest absolute Gasteiger partial charge is 0.481 e. The van der Waals surface area contributed by atoms with Crippen LogP contribution in [0.3, 0.4) is 0 Å². The lowest BCUT2D eigenvalue weighted by Gasteiger charge is -2.20. The second-order valence-electron chi connectivity index (χ2n) is 5.68. The van der Waals surface area contributed by atoms with Crippen molar-refractivity contribution in [1.29, 1.82) is 0 Å². The Bertz CT molecular complexity index is 471. The number of aryl methyl sites for hydroxylation is 1. The summed E-state index contributed by atoms with van der Waals surface area (Å²) >= 11 is 0. The lowest BCUT2D eigenvalue weighted by Crippen LogP contribution is -2.41. The number of rotatable bonds is 7. The van der Waals surface area contributed by atoms with Gasteiger partial charge in [0.25, 0.3) is 5.91 Å². The minimum absolute atomic E-state index is 0.131. The van der Waals surface area contributed by atoms with Crippen molar-refractivity contribution in [3.8, 4) is 5.75 Å². The number of aliphatic hydroxyl groups excluding tert-OH is 1. The summed E-state index contributed by atoms with van der Waals surface area (Å²) in [5.74, 6) is 0.425. The highest BCUT2D eigenvalue weighted by molar-refractivity contribution is 5.81. The number of nitrogens with one attached hydrogen (secondary N) is 1. The van der Waals surface area contributed by atoms with E-state index in [1.165, 1.54) is 0 Å². The molecule has 4 heteroatoms. The van der Waals surface area contributed by atoms with Crippen LogP contribution < -0.4 is 10.1 Å². The van der Waals surface area contributed by atoms with E-state index in [9.17, 15) is 9.90 Å². The molecule has 0 heterocycles. The van der Waals surface area contributed by atoms with Gasteiger partial charge in [-0.3, -0.25) is 4.79 Å². The molecule has 1 amide bonds. The maximum atomic E-state index is 12.1. The zero-order valence-corrected chi connectivity index (χ0v) is 13.6. The van der Waals surface area contributed by atoms with Crippen LogP contribution in [0.4, 0.5) is 0 Å². The Labute approximate surface area is 127 Å². The molecule has 1 rings (SSSR count). The molecule has 0 fully saturated rings. The van der Waals surface area contributed by atoms with Gasteiger partial charge in [-0.05, 0) is 46.2 Å².